The van der Waals surface area contributed by atoms with Gasteiger partial charge in [0, 0.05) is 24.7 Å². The van der Waals surface area contributed by atoms with Crippen LogP contribution in [0.5, 0.6) is 0 Å². The van der Waals surface area contributed by atoms with Gasteiger partial charge in [0.2, 0.25) is 0 Å². The summed E-state index contributed by atoms with van der Waals surface area (Å²) in [6.45, 7) is 4.86. The summed E-state index contributed by atoms with van der Waals surface area (Å²) in [6, 6.07) is 2.53. The predicted octanol–water partition coefficient (Wildman–Crippen LogP) is 3.18. The molecule has 1 aliphatic rings. The first-order chi connectivity index (χ1) is 9.32. The second-order valence-electron chi connectivity index (χ2n) is 5.57. The maximum absolute atomic E-state index is 12.8. The van der Waals surface area contributed by atoms with Crippen molar-refractivity contribution >= 4 is 5.82 Å². The molecule has 1 heterocycles. The van der Waals surface area contributed by atoms with Gasteiger partial charge in [-0.05, 0) is 38.7 Å². The zero-order valence-corrected chi connectivity index (χ0v) is 11.7. The van der Waals surface area contributed by atoms with Gasteiger partial charge in [-0.3, -0.25) is 0 Å². The van der Waals surface area contributed by atoms with E-state index in [-0.39, 0.29) is 12.6 Å². The van der Waals surface area contributed by atoms with E-state index in [1.165, 1.54) is 6.07 Å². The van der Waals surface area contributed by atoms with E-state index in [9.17, 15) is 13.2 Å². The Kier molecular flexibility index (Phi) is 4.22. The fraction of sp³-hybridized carbons (Fsp3) is 0.643. The van der Waals surface area contributed by atoms with Gasteiger partial charge in [-0.2, -0.15) is 13.2 Å². The Labute approximate surface area is 117 Å². The minimum absolute atomic E-state index is 0.0943. The maximum atomic E-state index is 12.8. The number of halogens is 3. The maximum Gasteiger partial charge on any atom is 0.433 e. The quantitative estimate of drug-likeness (QED) is 0.904. The molecule has 0 radical (unpaired) electrons. The van der Waals surface area contributed by atoms with Gasteiger partial charge < -0.3 is 10.6 Å². The molecule has 20 heavy (non-hydrogen) atoms. The first-order valence-electron chi connectivity index (χ1n) is 6.86. The van der Waals surface area contributed by atoms with Crippen molar-refractivity contribution in [3.05, 3.63) is 23.4 Å². The lowest BCUT2D eigenvalue weighted by atomic mass is 10.1. The molecule has 1 fully saturated rings. The van der Waals surface area contributed by atoms with Crippen molar-refractivity contribution in [3.63, 3.8) is 0 Å². The molecule has 1 aromatic heterocycles. The zero-order chi connectivity index (χ0) is 14.9. The second kappa shape index (κ2) is 5.60. The van der Waals surface area contributed by atoms with Crippen LogP contribution in [0.25, 0.3) is 0 Å². The summed E-state index contributed by atoms with van der Waals surface area (Å²) in [5, 5.41) is 0. The molecule has 0 unspecified atom stereocenters. The van der Waals surface area contributed by atoms with Gasteiger partial charge in [-0.15, -0.1) is 0 Å². The van der Waals surface area contributed by atoms with Crippen LogP contribution in [-0.2, 0) is 12.7 Å². The summed E-state index contributed by atoms with van der Waals surface area (Å²) in [4.78, 5) is 5.78. The normalized spacial score (nSPS) is 15.8. The molecule has 0 aromatic carbocycles. The van der Waals surface area contributed by atoms with Crippen LogP contribution in [0.15, 0.2) is 12.1 Å². The minimum atomic E-state index is -4.43. The molecule has 0 aliphatic heterocycles. The Morgan fingerprint density at radius 1 is 1.35 bits per heavy atom. The van der Waals surface area contributed by atoms with Crippen molar-refractivity contribution in [2.75, 3.05) is 11.4 Å². The molecule has 2 N–H and O–H groups in total. The van der Waals surface area contributed by atoms with E-state index < -0.39 is 11.9 Å². The molecular weight excluding hydrogens is 267 g/mol. The number of rotatable bonds is 5. The molecule has 0 amide bonds. The van der Waals surface area contributed by atoms with Gasteiger partial charge in [-0.25, -0.2) is 4.98 Å². The van der Waals surface area contributed by atoms with Crippen LogP contribution in [-0.4, -0.2) is 17.6 Å². The summed E-state index contributed by atoms with van der Waals surface area (Å²) in [6.07, 6.45) is -2.15. The van der Waals surface area contributed by atoms with E-state index in [1.807, 2.05) is 18.7 Å². The van der Waals surface area contributed by atoms with E-state index in [2.05, 4.69) is 4.98 Å². The smallest absolute Gasteiger partial charge is 0.354 e. The highest BCUT2D eigenvalue weighted by Gasteiger charge is 2.34. The van der Waals surface area contributed by atoms with Gasteiger partial charge in [0.1, 0.15) is 11.5 Å². The van der Waals surface area contributed by atoms with Gasteiger partial charge in [0.05, 0.1) is 0 Å². The second-order valence-corrected chi connectivity index (χ2v) is 5.57. The lowest BCUT2D eigenvalue weighted by Crippen LogP contribution is -2.35. The third kappa shape index (κ3) is 3.42. The number of anilines is 1. The van der Waals surface area contributed by atoms with E-state index >= 15 is 0 Å². The van der Waals surface area contributed by atoms with Crippen LogP contribution in [0.3, 0.4) is 0 Å². The van der Waals surface area contributed by atoms with Crippen molar-refractivity contribution in [1.82, 2.24) is 4.98 Å². The number of aromatic nitrogens is 1. The van der Waals surface area contributed by atoms with Crippen LogP contribution in [0.1, 0.15) is 37.9 Å². The highest BCUT2D eigenvalue weighted by Crippen LogP contribution is 2.35. The first kappa shape index (κ1) is 15.1. The highest BCUT2D eigenvalue weighted by atomic mass is 19.4. The standard InChI is InChI=1S/C14H20F3N3/c1-9(2)20(8-10-3-4-10)13-11(7-18)5-6-12(19-13)14(15,16)17/h5-6,9-10H,3-4,7-8,18H2,1-2H3. The topological polar surface area (TPSA) is 42.2 Å². The third-order valence-electron chi connectivity index (χ3n) is 3.51. The van der Waals surface area contributed by atoms with Gasteiger partial charge >= 0.3 is 6.18 Å². The summed E-state index contributed by atoms with van der Waals surface area (Å²) < 4.78 is 38.5. The molecule has 3 nitrogen and oxygen atoms in total. The van der Waals surface area contributed by atoms with Crippen molar-refractivity contribution in [3.8, 4) is 0 Å². The van der Waals surface area contributed by atoms with Crippen molar-refractivity contribution in [1.29, 1.82) is 0 Å². The summed E-state index contributed by atoms with van der Waals surface area (Å²) >= 11 is 0. The van der Waals surface area contributed by atoms with Gasteiger partial charge in [-0.1, -0.05) is 6.07 Å². The van der Waals surface area contributed by atoms with E-state index in [0.29, 0.717) is 17.3 Å². The average molecular weight is 287 g/mol. The fourth-order valence-corrected chi connectivity index (χ4v) is 2.16. The monoisotopic (exact) mass is 287 g/mol. The number of nitrogens with zero attached hydrogens (tertiary/aromatic N) is 2. The largest absolute Gasteiger partial charge is 0.433 e. The molecule has 1 aliphatic carbocycles. The molecule has 1 saturated carbocycles. The van der Waals surface area contributed by atoms with Crippen LogP contribution < -0.4 is 10.6 Å². The number of alkyl halides is 3. The lowest BCUT2D eigenvalue weighted by Gasteiger charge is -2.30. The number of hydrogen-bond acceptors (Lipinski definition) is 3. The SMILES string of the molecule is CC(C)N(CC1CC1)c1nc(C(F)(F)F)ccc1CN. The van der Waals surface area contributed by atoms with Crippen molar-refractivity contribution < 1.29 is 13.2 Å². The molecule has 0 atom stereocenters. The molecule has 1 aromatic rings. The fourth-order valence-electron chi connectivity index (χ4n) is 2.16. The summed E-state index contributed by atoms with van der Waals surface area (Å²) in [5.41, 5.74) is 5.45. The molecule has 2 rings (SSSR count). The Morgan fingerprint density at radius 2 is 2.00 bits per heavy atom. The van der Waals surface area contributed by atoms with Crippen LogP contribution in [0, 0.1) is 5.92 Å². The molecule has 112 valence electrons. The molecular formula is C14H20F3N3. The van der Waals surface area contributed by atoms with E-state index in [1.54, 1.807) is 0 Å². The van der Waals surface area contributed by atoms with Crippen LogP contribution in [0.4, 0.5) is 19.0 Å². The van der Waals surface area contributed by atoms with Crippen LogP contribution >= 0.6 is 0 Å². The van der Waals surface area contributed by atoms with Gasteiger partial charge in [0.15, 0.2) is 0 Å². The average Bonchev–Trinajstić information content (AvgIpc) is 3.17. The predicted molar refractivity (Wildman–Crippen MR) is 72.3 cm³/mol. The Morgan fingerprint density at radius 3 is 2.45 bits per heavy atom. The molecule has 0 bridgehead atoms. The van der Waals surface area contributed by atoms with Crippen molar-refractivity contribution in [2.45, 2.75) is 45.5 Å². The lowest BCUT2D eigenvalue weighted by molar-refractivity contribution is -0.141. The minimum Gasteiger partial charge on any atom is -0.354 e. The molecule has 0 spiro atoms. The molecule has 6 heteroatoms. The van der Waals surface area contributed by atoms with E-state index in [0.717, 1.165) is 25.5 Å². The Hall–Kier alpha value is -1.30. The highest BCUT2D eigenvalue weighted by molar-refractivity contribution is 5.49. The third-order valence-corrected chi connectivity index (χ3v) is 3.51. The summed E-state index contributed by atoms with van der Waals surface area (Å²) in [7, 11) is 0. The Balaban J connectivity index is 2.38. The van der Waals surface area contributed by atoms with Gasteiger partial charge in [0.25, 0.3) is 0 Å². The Bertz CT molecular complexity index is 467. The number of pyridine rings is 1. The van der Waals surface area contributed by atoms with E-state index in [4.69, 9.17) is 5.73 Å². The first-order valence-corrected chi connectivity index (χ1v) is 6.86. The zero-order valence-electron chi connectivity index (χ0n) is 11.7. The number of hydrogen-bond donors (Lipinski definition) is 1. The van der Waals surface area contributed by atoms with Crippen molar-refractivity contribution in [2.24, 2.45) is 11.7 Å². The van der Waals surface area contributed by atoms with Crippen LogP contribution in [0.2, 0.25) is 0 Å². The summed E-state index contributed by atoms with van der Waals surface area (Å²) in [5.74, 6) is 0.948. The molecule has 0 saturated heterocycles. The number of nitrogens with two attached hydrogens (primary N) is 1.